The minimum absolute atomic E-state index is 0.247. The molecule has 0 aliphatic carbocycles. The number of amides is 1. The number of methoxy groups -OCH3 is 1. The molecular formula is C22H27NO5. The molecule has 2 aromatic rings. The van der Waals surface area contributed by atoms with Crippen LogP contribution in [-0.2, 0) is 16.1 Å². The van der Waals surface area contributed by atoms with Crippen molar-refractivity contribution in [3.63, 3.8) is 0 Å². The van der Waals surface area contributed by atoms with Gasteiger partial charge in [-0.05, 0) is 55.8 Å². The third-order valence-corrected chi connectivity index (χ3v) is 4.09. The van der Waals surface area contributed by atoms with Crippen LogP contribution in [0.2, 0.25) is 0 Å². The second-order valence-corrected chi connectivity index (χ2v) is 6.18. The van der Waals surface area contributed by atoms with E-state index in [0.717, 1.165) is 24.2 Å². The van der Waals surface area contributed by atoms with E-state index in [2.05, 4.69) is 17.0 Å². The van der Waals surface area contributed by atoms with Gasteiger partial charge in [-0.2, -0.15) is 0 Å². The van der Waals surface area contributed by atoms with Crippen molar-refractivity contribution >= 4 is 17.6 Å². The van der Waals surface area contributed by atoms with Crippen LogP contribution in [0.15, 0.2) is 42.5 Å². The quantitative estimate of drug-likeness (QED) is 0.483. The molecule has 0 saturated heterocycles. The molecule has 2 rings (SSSR count). The lowest BCUT2D eigenvalue weighted by Crippen LogP contribution is -2.13. The van der Waals surface area contributed by atoms with Crippen LogP contribution in [0.5, 0.6) is 5.75 Å². The van der Waals surface area contributed by atoms with Gasteiger partial charge in [-0.25, -0.2) is 4.79 Å². The highest BCUT2D eigenvalue weighted by Gasteiger charge is 2.12. The van der Waals surface area contributed by atoms with Crippen molar-refractivity contribution in [2.75, 3.05) is 25.6 Å². The highest BCUT2D eigenvalue weighted by Crippen LogP contribution is 2.22. The summed E-state index contributed by atoms with van der Waals surface area (Å²) in [7, 11) is 1.33. The summed E-state index contributed by atoms with van der Waals surface area (Å²) < 4.78 is 16.0. The number of benzene rings is 2. The van der Waals surface area contributed by atoms with Gasteiger partial charge in [0, 0.05) is 23.4 Å². The first kappa shape index (κ1) is 21.4. The Kier molecular flexibility index (Phi) is 8.49. The average molecular weight is 385 g/mol. The fourth-order valence-corrected chi connectivity index (χ4v) is 2.57. The van der Waals surface area contributed by atoms with Crippen LogP contribution in [0, 0.1) is 0 Å². The number of anilines is 1. The van der Waals surface area contributed by atoms with Gasteiger partial charge >= 0.3 is 5.97 Å². The fraction of sp³-hybridized carbons (Fsp3) is 0.364. The van der Waals surface area contributed by atoms with Gasteiger partial charge in [-0.3, -0.25) is 4.79 Å². The van der Waals surface area contributed by atoms with Gasteiger partial charge in [-0.1, -0.05) is 13.3 Å². The molecule has 0 aromatic heterocycles. The van der Waals surface area contributed by atoms with Crippen LogP contribution >= 0.6 is 0 Å². The number of carbonyl (C=O) groups excluding carboxylic acids is 2. The zero-order chi connectivity index (χ0) is 20.4. The van der Waals surface area contributed by atoms with Crippen LogP contribution in [0.4, 0.5) is 5.69 Å². The van der Waals surface area contributed by atoms with Crippen molar-refractivity contribution in [2.24, 2.45) is 0 Å². The SMILES string of the molecule is CCCCOCc1cc(C(=O)Nc2ccc(C(=O)OC)cc2)ccc1OCC. The lowest BCUT2D eigenvalue weighted by atomic mass is 10.1. The van der Waals surface area contributed by atoms with Crippen LogP contribution < -0.4 is 10.1 Å². The number of ether oxygens (including phenoxy) is 3. The Balaban J connectivity index is 2.09. The summed E-state index contributed by atoms with van der Waals surface area (Å²) in [6.45, 7) is 5.63. The number of nitrogens with one attached hydrogen (secondary N) is 1. The Morgan fingerprint density at radius 2 is 1.71 bits per heavy atom. The molecule has 0 radical (unpaired) electrons. The van der Waals surface area contributed by atoms with E-state index < -0.39 is 5.97 Å². The third-order valence-electron chi connectivity index (χ3n) is 4.09. The number of hydrogen-bond donors (Lipinski definition) is 1. The molecule has 0 heterocycles. The predicted octanol–water partition coefficient (Wildman–Crippen LogP) is 4.44. The Morgan fingerprint density at radius 3 is 2.36 bits per heavy atom. The molecule has 0 fully saturated rings. The Hall–Kier alpha value is -2.86. The van der Waals surface area contributed by atoms with Gasteiger partial charge in [0.15, 0.2) is 0 Å². The smallest absolute Gasteiger partial charge is 0.337 e. The second kappa shape index (κ2) is 11.1. The van der Waals surface area contributed by atoms with E-state index in [1.807, 2.05) is 6.92 Å². The monoisotopic (exact) mass is 385 g/mol. The summed E-state index contributed by atoms with van der Waals surface area (Å²) in [5.41, 5.74) is 2.36. The normalized spacial score (nSPS) is 10.4. The van der Waals surface area contributed by atoms with E-state index in [0.29, 0.717) is 36.6 Å². The minimum Gasteiger partial charge on any atom is -0.494 e. The van der Waals surface area contributed by atoms with Gasteiger partial charge in [0.25, 0.3) is 5.91 Å². The van der Waals surface area contributed by atoms with E-state index in [1.54, 1.807) is 42.5 Å². The Morgan fingerprint density at radius 1 is 1.00 bits per heavy atom. The third kappa shape index (κ3) is 6.09. The molecule has 2 aromatic carbocycles. The molecule has 0 spiro atoms. The van der Waals surface area contributed by atoms with Gasteiger partial charge < -0.3 is 19.5 Å². The molecule has 28 heavy (non-hydrogen) atoms. The first-order chi connectivity index (χ1) is 13.6. The summed E-state index contributed by atoms with van der Waals surface area (Å²) in [6.07, 6.45) is 2.06. The van der Waals surface area contributed by atoms with E-state index in [-0.39, 0.29) is 5.91 Å². The second-order valence-electron chi connectivity index (χ2n) is 6.18. The van der Waals surface area contributed by atoms with Gasteiger partial charge in [0.1, 0.15) is 5.75 Å². The van der Waals surface area contributed by atoms with Crippen LogP contribution in [0.3, 0.4) is 0 Å². The lowest BCUT2D eigenvalue weighted by molar-refractivity contribution is 0.0600. The first-order valence-corrected chi connectivity index (χ1v) is 9.42. The molecule has 0 saturated carbocycles. The van der Waals surface area contributed by atoms with Crippen LogP contribution in [0.1, 0.15) is 53.0 Å². The van der Waals surface area contributed by atoms with E-state index in [4.69, 9.17) is 9.47 Å². The predicted molar refractivity (Wildman–Crippen MR) is 108 cm³/mol. The molecule has 150 valence electrons. The molecule has 1 amide bonds. The number of carbonyl (C=O) groups is 2. The summed E-state index contributed by atoms with van der Waals surface area (Å²) in [4.78, 5) is 24.1. The van der Waals surface area contributed by atoms with E-state index in [1.165, 1.54) is 7.11 Å². The van der Waals surface area contributed by atoms with Gasteiger partial charge in [0.2, 0.25) is 0 Å². The highest BCUT2D eigenvalue weighted by molar-refractivity contribution is 6.04. The van der Waals surface area contributed by atoms with Crippen molar-refractivity contribution < 1.29 is 23.8 Å². The first-order valence-electron chi connectivity index (χ1n) is 9.42. The summed E-state index contributed by atoms with van der Waals surface area (Å²) >= 11 is 0. The average Bonchev–Trinajstić information content (AvgIpc) is 2.72. The topological polar surface area (TPSA) is 73.9 Å². The Labute approximate surface area is 165 Å². The van der Waals surface area contributed by atoms with Crippen LogP contribution in [0.25, 0.3) is 0 Å². The molecule has 0 atom stereocenters. The van der Waals surface area contributed by atoms with E-state index >= 15 is 0 Å². The van der Waals surface area contributed by atoms with Gasteiger partial charge in [-0.15, -0.1) is 0 Å². The number of unbranched alkanes of at least 4 members (excludes halogenated alkanes) is 1. The molecule has 6 heteroatoms. The molecule has 0 bridgehead atoms. The lowest BCUT2D eigenvalue weighted by Gasteiger charge is -2.13. The molecule has 6 nitrogen and oxygen atoms in total. The van der Waals surface area contributed by atoms with Crippen molar-refractivity contribution in [3.8, 4) is 5.75 Å². The maximum atomic E-state index is 12.6. The number of hydrogen-bond acceptors (Lipinski definition) is 5. The van der Waals surface area contributed by atoms with Gasteiger partial charge in [0.05, 0.1) is 25.9 Å². The molecule has 1 N–H and O–H groups in total. The number of rotatable bonds is 10. The fourth-order valence-electron chi connectivity index (χ4n) is 2.57. The molecular weight excluding hydrogens is 358 g/mol. The van der Waals surface area contributed by atoms with Crippen LogP contribution in [-0.4, -0.2) is 32.2 Å². The molecule has 0 aliphatic rings. The molecule has 0 unspecified atom stereocenters. The Bertz CT molecular complexity index is 786. The van der Waals surface area contributed by atoms with Crippen molar-refractivity contribution in [1.29, 1.82) is 0 Å². The summed E-state index contributed by atoms with van der Waals surface area (Å²) in [5, 5.41) is 2.82. The minimum atomic E-state index is -0.419. The molecule has 0 aliphatic heterocycles. The summed E-state index contributed by atoms with van der Waals surface area (Å²) in [5.74, 6) is 0.0544. The van der Waals surface area contributed by atoms with E-state index in [9.17, 15) is 9.59 Å². The zero-order valence-corrected chi connectivity index (χ0v) is 16.6. The largest absolute Gasteiger partial charge is 0.494 e. The number of esters is 1. The summed E-state index contributed by atoms with van der Waals surface area (Å²) in [6, 6.07) is 11.8. The maximum Gasteiger partial charge on any atom is 0.337 e. The highest BCUT2D eigenvalue weighted by atomic mass is 16.5. The van der Waals surface area contributed by atoms with Crippen molar-refractivity contribution in [3.05, 3.63) is 59.2 Å². The zero-order valence-electron chi connectivity index (χ0n) is 16.6. The van der Waals surface area contributed by atoms with Crippen molar-refractivity contribution in [2.45, 2.75) is 33.3 Å². The standard InChI is InChI=1S/C22H27NO5/c1-4-6-13-27-15-18-14-17(9-12-20(18)28-5-2)21(24)23-19-10-7-16(8-11-19)22(25)26-3/h7-12,14H,4-6,13,15H2,1-3H3,(H,23,24). The van der Waals surface area contributed by atoms with Crippen molar-refractivity contribution in [1.82, 2.24) is 0 Å². The maximum absolute atomic E-state index is 12.6.